The van der Waals surface area contributed by atoms with Gasteiger partial charge in [0.25, 0.3) is 0 Å². The maximum Gasteiger partial charge on any atom is 0.0900 e. The Kier molecular flexibility index (Phi) is 6.41. The van der Waals surface area contributed by atoms with Crippen molar-refractivity contribution in [1.29, 1.82) is 0 Å². The van der Waals surface area contributed by atoms with Crippen LogP contribution in [0.1, 0.15) is 27.2 Å². The van der Waals surface area contributed by atoms with Crippen LogP contribution < -0.4 is 0 Å². The van der Waals surface area contributed by atoms with Crippen LogP contribution in [-0.4, -0.2) is 73.0 Å². The van der Waals surface area contributed by atoms with Gasteiger partial charge >= 0.3 is 0 Å². The van der Waals surface area contributed by atoms with Crippen molar-refractivity contribution >= 4 is 0 Å². The first-order chi connectivity index (χ1) is 7.99. The third-order valence-corrected chi connectivity index (χ3v) is 3.25. The van der Waals surface area contributed by atoms with Gasteiger partial charge in [-0.2, -0.15) is 0 Å². The Balaban J connectivity index is 2.33. The summed E-state index contributed by atoms with van der Waals surface area (Å²) in [4.78, 5) is 4.74. The maximum atomic E-state index is 9.95. The van der Waals surface area contributed by atoms with E-state index in [4.69, 9.17) is 4.74 Å². The summed E-state index contributed by atoms with van der Waals surface area (Å²) in [5.74, 6) is 0. The molecular weight excluding hydrogens is 216 g/mol. The van der Waals surface area contributed by atoms with Gasteiger partial charge in [-0.15, -0.1) is 0 Å². The van der Waals surface area contributed by atoms with Crippen molar-refractivity contribution in [3.05, 3.63) is 0 Å². The van der Waals surface area contributed by atoms with Gasteiger partial charge in [0, 0.05) is 19.1 Å². The van der Waals surface area contributed by atoms with E-state index in [1.165, 1.54) is 6.42 Å². The van der Waals surface area contributed by atoms with E-state index in [-0.39, 0.29) is 12.2 Å². The summed E-state index contributed by atoms with van der Waals surface area (Å²) >= 11 is 0. The lowest BCUT2D eigenvalue weighted by Crippen LogP contribution is -2.43. The Morgan fingerprint density at radius 1 is 1.35 bits per heavy atom. The number of β-amino-alcohol motifs (C(OH)–C–C–N with tert-alkyl or cyclic N) is 1. The molecule has 2 unspecified atom stereocenters. The molecule has 0 aromatic heterocycles. The average Bonchev–Trinajstić information content (AvgIpc) is 2.38. The number of nitrogens with zero attached hydrogens (tertiary/aromatic N) is 2. The van der Waals surface area contributed by atoms with Crippen molar-refractivity contribution in [2.75, 3.05) is 39.8 Å². The number of ether oxygens (including phenoxy) is 1. The largest absolute Gasteiger partial charge is 0.389 e. The molecule has 1 aliphatic heterocycles. The molecule has 0 bridgehead atoms. The lowest BCUT2D eigenvalue weighted by molar-refractivity contribution is -0.0127. The molecule has 102 valence electrons. The Bertz CT molecular complexity index is 212. The maximum absolute atomic E-state index is 9.95. The Morgan fingerprint density at radius 2 is 2.06 bits per heavy atom. The lowest BCUT2D eigenvalue weighted by atomic mass is 10.2. The molecule has 0 aromatic rings. The predicted octanol–water partition coefficient (Wildman–Crippen LogP) is 0.798. The van der Waals surface area contributed by atoms with Crippen LogP contribution in [0.2, 0.25) is 0 Å². The zero-order valence-electron chi connectivity index (χ0n) is 11.7. The summed E-state index contributed by atoms with van der Waals surface area (Å²) < 4.78 is 5.45. The predicted molar refractivity (Wildman–Crippen MR) is 70.2 cm³/mol. The molecule has 0 spiro atoms. The summed E-state index contributed by atoms with van der Waals surface area (Å²) in [6.07, 6.45) is 0.999. The van der Waals surface area contributed by atoms with Crippen LogP contribution in [0.15, 0.2) is 0 Å². The Hall–Kier alpha value is -0.160. The van der Waals surface area contributed by atoms with Gasteiger partial charge in [0.05, 0.1) is 18.8 Å². The van der Waals surface area contributed by atoms with Gasteiger partial charge in [-0.25, -0.2) is 0 Å². The van der Waals surface area contributed by atoms with Gasteiger partial charge in [0.15, 0.2) is 0 Å². The second-order valence-electron chi connectivity index (χ2n) is 5.50. The van der Waals surface area contributed by atoms with E-state index in [2.05, 4.69) is 23.8 Å². The molecule has 0 saturated carbocycles. The van der Waals surface area contributed by atoms with Crippen molar-refractivity contribution in [3.63, 3.8) is 0 Å². The molecule has 0 aliphatic carbocycles. The van der Waals surface area contributed by atoms with E-state index in [1.807, 2.05) is 13.8 Å². The van der Waals surface area contributed by atoms with Gasteiger partial charge in [0.1, 0.15) is 0 Å². The first-order valence-corrected chi connectivity index (χ1v) is 6.71. The number of hydrogen-bond donors (Lipinski definition) is 1. The smallest absolute Gasteiger partial charge is 0.0900 e. The summed E-state index contributed by atoms with van der Waals surface area (Å²) in [6.45, 7) is 10.7. The lowest BCUT2D eigenvalue weighted by Gasteiger charge is -2.29. The van der Waals surface area contributed by atoms with Crippen molar-refractivity contribution in [1.82, 2.24) is 9.80 Å². The van der Waals surface area contributed by atoms with Crippen LogP contribution in [0.4, 0.5) is 0 Å². The molecule has 2 atom stereocenters. The number of rotatable bonds is 5. The van der Waals surface area contributed by atoms with Crippen LogP contribution >= 0.6 is 0 Å². The zero-order chi connectivity index (χ0) is 12.8. The summed E-state index contributed by atoms with van der Waals surface area (Å²) in [7, 11) is 2.16. The first kappa shape index (κ1) is 14.9. The Labute approximate surface area is 106 Å². The van der Waals surface area contributed by atoms with Crippen LogP contribution in [-0.2, 0) is 4.74 Å². The second kappa shape index (κ2) is 7.31. The quantitative estimate of drug-likeness (QED) is 0.776. The molecule has 4 nitrogen and oxygen atoms in total. The molecule has 1 saturated heterocycles. The van der Waals surface area contributed by atoms with Gasteiger partial charge in [-0.1, -0.05) is 0 Å². The van der Waals surface area contributed by atoms with Crippen LogP contribution in [0.25, 0.3) is 0 Å². The highest BCUT2D eigenvalue weighted by Crippen LogP contribution is 2.09. The van der Waals surface area contributed by atoms with Gasteiger partial charge in [-0.05, 0) is 47.3 Å². The fourth-order valence-corrected chi connectivity index (χ4v) is 2.32. The van der Waals surface area contributed by atoms with E-state index < -0.39 is 0 Å². The minimum Gasteiger partial charge on any atom is -0.389 e. The molecule has 1 N–H and O–H groups in total. The summed E-state index contributed by atoms with van der Waals surface area (Å²) in [6, 6.07) is 0.510. The van der Waals surface area contributed by atoms with Crippen LogP contribution in [0.3, 0.4) is 0 Å². The fraction of sp³-hybridized carbons (Fsp3) is 1.00. The van der Waals surface area contributed by atoms with Crippen LogP contribution in [0.5, 0.6) is 0 Å². The molecule has 1 rings (SSSR count). The summed E-state index contributed by atoms with van der Waals surface area (Å²) in [5, 5.41) is 9.95. The molecule has 0 amide bonds. The van der Waals surface area contributed by atoms with Gasteiger partial charge in [-0.3, -0.25) is 4.90 Å². The van der Waals surface area contributed by atoms with Crippen molar-refractivity contribution in [2.45, 2.75) is 45.4 Å². The zero-order valence-corrected chi connectivity index (χ0v) is 11.7. The van der Waals surface area contributed by atoms with E-state index >= 15 is 0 Å². The molecule has 1 aliphatic rings. The van der Waals surface area contributed by atoms with E-state index in [9.17, 15) is 5.11 Å². The standard InChI is InChI=1S/C13H28N2O2/c1-11(2)17-10-13(16)9-15-7-5-6-14(4)8-12(15)3/h11-13,16H,5-10H2,1-4H3. The highest BCUT2D eigenvalue weighted by atomic mass is 16.5. The number of aliphatic hydroxyl groups excluding tert-OH is 1. The third-order valence-electron chi connectivity index (χ3n) is 3.25. The minimum absolute atomic E-state index is 0.192. The van der Waals surface area contributed by atoms with Crippen molar-refractivity contribution < 1.29 is 9.84 Å². The van der Waals surface area contributed by atoms with E-state index in [1.54, 1.807) is 0 Å². The highest BCUT2D eigenvalue weighted by Gasteiger charge is 2.21. The monoisotopic (exact) mass is 244 g/mol. The molecular formula is C13H28N2O2. The number of aliphatic hydroxyl groups is 1. The van der Waals surface area contributed by atoms with E-state index in [0.717, 1.165) is 26.2 Å². The normalized spacial score (nSPS) is 26.1. The third kappa shape index (κ3) is 5.82. The molecule has 17 heavy (non-hydrogen) atoms. The molecule has 1 fully saturated rings. The van der Waals surface area contributed by atoms with Gasteiger partial charge in [0.2, 0.25) is 0 Å². The fourth-order valence-electron chi connectivity index (χ4n) is 2.32. The van der Waals surface area contributed by atoms with Crippen molar-refractivity contribution in [3.8, 4) is 0 Å². The molecule has 0 aromatic carbocycles. The van der Waals surface area contributed by atoms with Gasteiger partial charge < -0.3 is 14.7 Å². The number of likely N-dealkylation sites (N-methyl/N-ethyl adjacent to an activating group) is 1. The minimum atomic E-state index is -0.372. The van der Waals surface area contributed by atoms with Crippen molar-refractivity contribution in [2.24, 2.45) is 0 Å². The topological polar surface area (TPSA) is 35.9 Å². The SMILES string of the molecule is CC(C)OCC(O)CN1CCCN(C)CC1C. The molecule has 0 radical (unpaired) electrons. The average molecular weight is 244 g/mol. The Morgan fingerprint density at radius 3 is 2.71 bits per heavy atom. The molecule has 1 heterocycles. The van der Waals surface area contributed by atoms with Crippen LogP contribution in [0, 0.1) is 0 Å². The highest BCUT2D eigenvalue weighted by molar-refractivity contribution is 4.77. The summed E-state index contributed by atoms with van der Waals surface area (Å²) in [5.41, 5.74) is 0. The number of hydrogen-bond acceptors (Lipinski definition) is 4. The first-order valence-electron chi connectivity index (χ1n) is 6.71. The second-order valence-corrected chi connectivity index (χ2v) is 5.50. The van der Waals surface area contributed by atoms with E-state index in [0.29, 0.717) is 12.6 Å². The molecule has 4 heteroatoms.